The van der Waals surface area contributed by atoms with Crippen molar-refractivity contribution in [3.63, 3.8) is 0 Å². The third kappa shape index (κ3) is 5.78. The molecule has 0 spiro atoms. The molecule has 3 aliphatic heterocycles. The van der Waals surface area contributed by atoms with Crippen molar-refractivity contribution in [3.8, 4) is 17.2 Å². The van der Waals surface area contributed by atoms with Crippen molar-refractivity contribution in [2.45, 2.75) is 82.8 Å². The summed E-state index contributed by atoms with van der Waals surface area (Å²) in [6.07, 6.45) is 10.4. The summed E-state index contributed by atoms with van der Waals surface area (Å²) >= 11 is 0. The standard InChI is InChI=1S/C46H46F2N10O4/c1-26-20-30(6-7-34(26)47)58-41(57-18-17-56(44(57)60)37-9-8-36-33(39(37)48)24-50-53(36)5)38-27(2)54(16-11-35(38)51-58)42(59)32-22-31-21-28(29-12-19-61-45(3,4)23-29)10-15-55(31)40(32)46(13-14-46)43-49-25-62-52-43/h6-10,15,17-18,20-22,24,27,29H,11-14,16,19,23,25H2,1-5H3,(H,49,52)/t27-,29+/m0/s1. The number of nitrogens with one attached hydrogen (secondary N) is 1. The van der Waals surface area contributed by atoms with E-state index in [0.29, 0.717) is 64.9 Å². The summed E-state index contributed by atoms with van der Waals surface area (Å²) in [4.78, 5) is 37.3. The molecule has 2 fully saturated rings. The van der Waals surface area contributed by atoms with E-state index in [9.17, 15) is 9.18 Å². The number of carbonyl (C=O) groups is 1. The fourth-order valence-corrected chi connectivity index (χ4v) is 10.2. The molecular formula is C46H46F2N10O4. The van der Waals surface area contributed by atoms with Crippen LogP contribution in [0.5, 0.6) is 0 Å². The molecule has 4 aliphatic rings. The number of aromatic nitrogens is 7. The number of aryl methyl sites for hydroxylation is 2. The van der Waals surface area contributed by atoms with Crippen LogP contribution in [0.3, 0.4) is 0 Å². The molecule has 2 atom stereocenters. The van der Waals surface area contributed by atoms with E-state index in [1.165, 1.54) is 33.2 Å². The van der Waals surface area contributed by atoms with Crippen molar-refractivity contribution in [1.82, 2.24) is 43.3 Å². The number of amidine groups is 1. The molecule has 11 rings (SSSR count). The lowest BCUT2D eigenvalue weighted by atomic mass is 9.84. The van der Waals surface area contributed by atoms with Gasteiger partial charge in [0.25, 0.3) is 5.91 Å². The van der Waals surface area contributed by atoms with Crippen molar-refractivity contribution in [1.29, 1.82) is 0 Å². The molecule has 16 heteroatoms. The number of benzene rings is 2. The van der Waals surface area contributed by atoms with Crippen LogP contribution in [-0.2, 0) is 28.5 Å². The van der Waals surface area contributed by atoms with Gasteiger partial charge in [0.15, 0.2) is 18.4 Å². The third-order valence-electron chi connectivity index (χ3n) is 13.5. The Balaban J connectivity index is 1.04. The quantitative estimate of drug-likeness (QED) is 0.185. The topological polar surface area (TPSA) is 130 Å². The Kier molecular flexibility index (Phi) is 8.50. The zero-order valence-electron chi connectivity index (χ0n) is 35.2. The van der Waals surface area contributed by atoms with Crippen LogP contribution in [0.4, 0.5) is 8.78 Å². The Morgan fingerprint density at radius 2 is 1.84 bits per heavy atom. The SMILES string of the molecule is Cc1cc(-n2nc3c(c2-n2ccn(-c4ccc5c(cnn5C)c4F)c2=O)[C@H](C)N(C(=O)c2cc4cc([C@@H]5CCOC(C)(C)C5)ccn4c2C2(C4=NOCN4)CC2)CC3)ccc1F. The molecule has 318 valence electrons. The van der Waals surface area contributed by atoms with Crippen LogP contribution in [0.25, 0.3) is 33.6 Å². The smallest absolute Gasteiger partial charge is 0.338 e. The lowest BCUT2D eigenvalue weighted by Crippen LogP contribution is -2.41. The molecule has 0 radical (unpaired) electrons. The van der Waals surface area contributed by atoms with Gasteiger partial charge in [0.05, 0.1) is 56.8 Å². The van der Waals surface area contributed by atoms with E-state index in [1.807, 2.05) is 17.9 Å². The monoisotopic (exact) mass is 840 g/mol. The van der Waals surface area contributed by atoms with Crippen molar-refractivity contribution in [2.24, 2.45) is 12.2 Å². The van der Waals surface area contributed by atoms with Gasteiger partial charge in [0.1, 0.15) is 11.6 Å². The third-order valence-corrected chi connectivity index (χ3v) is 13.5. The van der Waals surface area contributed by atoms with Crippen molar-refractivity contribution in [2.75, 3.05) is 19.9 Å². The summed E-state index contributed by atoms with van der Waals surface area (Å²) in [5, 5.41) is 17.2. The first-order valence-electron chi connectivity index (χ1n) is 21.2. The maximum Gasteiger partial charge on any atom is 0.338 e. The Labute approximate surface area is 354 Å². The average Bonchev–Trinajstić information content (AvgIpc) is 3.80. The molecule has 2 aromatic carbocycles. The van der Waals surface area contributed by atoms with Gasteiger partial charge in [-0.2, -0.15) is 10.2 Å². The second-order valence-electron chi connectivity index (χ2n) is 17.8. The van der Waals surface area contributed by atoms with Gasteiger partial charge in [-0.05, 0) is 119 Å². The highest BCUT2D eigenvalue weighted by molar-refractivity contribution is 6.03. The summed E-state index contributed by atoms with van der Waals surface area (Å²) in [6, 6.07) is 13.8. The Morgan fingerprint density at radius 1 is 1.02 bits per heavy atom. The normalized spacial score (nSPS) is 20.3. The van der Waals surface area contributed by atoms with Crippen LogP contribution in [0.15, 0.2) is 83.3 Å². The van der Waals surface area contributed by atoms with E-state index in [-0.39, 0.29) is 35.1 Å². The highest BCUT2D eigenvalue weighted by Crippen LogP contribution is 2.52. The molecule has 8 heterocycles. The second kappa shape index (κ2) is 13.7. The van der Waals surface area contributed by atoms with Crippen LogP contribution >= 0.6 is 0 Å². The molecule has 0 bridgehead atoms. The van der Waals surface area contributed by atoms with Gasteiger partial charge in [-0.15, -0.1) is 0 Å². The van der Waals surface area contributed by atoms with Crippen LogP contribution in [0.2, 0.25) is 0 Å². The van der Waals surface area contributed by atoms with Gasteiger partial charge in [0, 0.05) is 62.0 Å². The second-order valence-corrected chi connectivity index (χ2v) is 17.8. The molecule has 1 N–H and O–H groups in total. The van der Waals surface area contributed by atoms with Crippen molar-refractivity contribution in [3.05, 3.63) is 129 Å². The number of pyridine rings is 1. The van der Waals surface area contributed by atoms with Crippen molar-refractivity contribution < 1.29 is 23.1 Å². The summed E-state index contributed by atoms with van der Waals surface area (Å²) < 4.78 is 44.8. The highest BCUT2D eigenvalue weighted by atomic mass is 19.1. The first-order valence-corrected chi connectivity index (χ1v) is 21.2. The lowest BCUT2D eigenvalue weighted by Gasteiger charge is -2.35. The molecule has 1 amide bonds. The maximum absolute atomic E-state index is 16.1. The van der Waals surface area contributed by atoms with Gasteiger partial charge in [-0.25, -0.2) is 18.3 Å². The van der Waals surface area contributed by atoms with E-state index >= 15 is 9.18 Å². The number of fused-ring (bicyclic) bond motifs is 3. The van der Waals surface area contributed by atoms with Gasteiger partial charge in [0.2, 0.25) is 0 Å². The zero-order valence-corrected chi connectivity index (χ0v) is 35.2. The van der Waals surface area contributed by atoms with E-state index in [0.717, 1.165) is 42.7 Å². The summed E-state index contributed by atoms with van der Waals surface area (Å²) in [6.45, 7) is 9.21. The van der Waals surface area contributed by atoms with Gasteiger partial charge in [-0.3, -0.25) is 18.6 Å². The molecule has 0 unspecified atom stereocenters. The Hall–Kier alpha value is -6.55. The Morgan fingerprint density at radius 3 is 2.60 bits per heavy atom. The van der Waals surface area contributed by atoms with Crippen LogP contribution in [0.1, 0.15) is 96.9 Å². The molecule has 62 heavy (non-hydrogen) atoms. The van der Waals surface area contributed by atoms with E-state index < -0.39 is 23.0 Å². The summed E-state index contributed by atoms with van der Waals surface area (Å²) in [5.41, 5.74) is 5.24. The van der Waals surface area contributed by atoms with Crippen LogP contribution in [0, 0.1) is 18.6 Å². The predicted molar refractivity (Wildman–Crippen MR) is 227 cm³/mol. The van der Waals surface area contributed by atoms with Gasteiger partial charge < -0.3 is 24.2 Å². The minimum Gasteiger partial charge on any atom is -0.376 e. The van der Waals surface area contributed by atoms with E-state index in [2.05, 4.69) is 52.1 Å². The maximum atomic E-state index is 16.1. The summed E-state index contributed by atoms with van der Waals surface area (Å²) in [7, 11) is 1.73. The number of halogens is 2. The van der Waals surface area contributed by atoms with Crippen LogP contribution < -0.4 is 11.0 Å². The van der Waals surface area contributed by atoms with E-state index in [4.69, 9.17) is 14.7 Å². The van der Waals surface area contributed by atoms with Crippen LogP contribution in [-0.4, -0.2) is 75.2 Å². The number of ether oxygens (including phenoxy) is 1. The molecule has 1 saturated carbocycles. The van der Waals surface area contributed by atoms with E-state index in [1.54, 1.807) is 53.8 Å². The molecular weight excluding hydrogens is 795 g/mol. The first-order chi connectivity index (χ1) is 29.8. The number of imidazole rings is 1. The lowest BCUT2D eigenvalue weighted by molar-refractivity contribution is -0.0593. The number of hydrogen-bond acceptors (Lipinski definition) is 8. The number of rotatable bonds is 7. The predicted octanol–water partition coefficient (Wildman–Crippen LogP) is 6.89. The number of carbonyl (C=O) groups excluding carboxylic acids is 1. The Bertz CT molecular complexity index is 3090. The molecule has 7 aromatic rings. The minimum atomic E-state index is -0.580. The fourth-order valence-electron chi connectivity index (χ4n) is 10.2. The zero-order chi connectivity index (χ0) is 42.8. The van der Waals surface area contributed by atoms with Gasteiger partial charge in [-0.1, -0.05) is 5.16 Å². The molecule has 14 nitrogen and oxygen atoms in total. The number of oxime groups is 1. The summed E-state index contributed by atoms with van der Waals surface area (Å²) in [5.74, 6) is 0.308. The molecule has 5 aromatic heterocycles. The number of hydrogen-bond donors (Lipinski definition) is 1. The highest BCUT2D eigenvalue weighted by Gasteiger charge is 2.55. The fraction of sp³-hybridized carbons (Fsp3) is 0.370. The number of amides is 1. The molecule has 1 saturated heterocycles. The molecule has 1 aliphatic carbocycles. The largest absolute Gasteiger partial charge is 0.376 e. The minimum absolute atomic E-state index is 0.0643. The average molecular weight is 841 g/mol. The van der Waals surface area contributed by atoms with Gasteiger partial charge >= 0.3 is 5.69 Å². The first kappa shape index (κ1) is 38.4. The van der Waals surface area contributed by atoms with Crippen molar-refractivity contribution >= 4 is 28.2 Å². The number of nitrogens with zero attached hydrogens (tertiary/aromatic N) is 9.